The first kappa shape index (κ1) is 9.01. The van der Waals surface area contributed by atoms with E-state index >= 15 is 0 Å². The summed E-state index contributed by atoms with van der Waals surface area (Å²) in [7, 11) is 0. The van der Waals surface area contributed by atoms with Crippen LogP contribution in [0.5, 0.6) is 0 Å². The van der Waals surface area contributed by atoms with Crippen molar-refractivity contribution in [2.24, 2.45) is 11.1 Å². The largest absolute Gasteiger partial charge is 0.327 e. The second-order valence-electron chi connectivity index (χ2n) is 4.27. The number of hydrogen-bond donors (Lipinski definition) is 2. The minimum absolute atomic E-state index is 0.290. The summed E-state index contributed by atoms with van der Waals surface area (Å²) in [4.78, 5) is 0. The first-order valence-electron chi connectivity index (χ1n) is 4.59. The van der Waals surface area contributed by atoms with Gasteiger partial charge in [-0.2, -0.15) is 0 Å². The Morgan fingerprint density at radius 1 is 1.55 bits per heavy atom. The summed E-state index contributed by atoms with van der Waals surface area (Å²) >= 11 is 0. The molecule has 11 heavy (non-hydrogen) atoms. The summed E-state index contributed by atoms with van der Waals surface area (Å²) in [5.74, 6) is 0. The SMILES string of the molecule is CC(N)CNCC1(C)CCC1. The standard InChI is InChI=1S/C9H20N2/c1-8(10)6-11-7-9(2)4-3-5-9/h8,11H,3-7,10H2,1-2H3. The molecule has 66 valence electrons. The molecule has 0 saturated heterocycles. The zero-order valence-corrected chi connectivity index (χ0v) is 7.69. The van der Waals surface area contributed by atoms with Gasteiger partial charge >= 0.3 is 0 Å². The molecule has 0 aromatic rings. The monoisotopic (exact) mass is 156 g/mol. The van der Waals surface area contributed by atoms with Crippen molar-refractivity contribution in [2.75, 3.05) is 13.1 Å². The van der Waals surface area contributed by atoms with E-state index in [9.17, 15) is 0 Å². The van der Waals surface area contributed by atoms with Crippen molar-refractivity contribution < 1.29 is 0 Å². The molecular weight excluding hydrogens is 136 g/mol. The summed E-state index contributed by atoms with van der Waals surface area (Å²) in [6, 6.07) is 0.290. The third kappa shape index (κ3) is 2.80. The van der Waals surface area contributed by atoms with Crippen LogP contribution in [0.3, 0.4) is 0 Å². The number of rotatable bonds is 4. The minimum atomic E-state index is 0.290. The smallest absolute Gasteiger partial charge is 0.0136 e. The second kappa shape index (κ2) is 3.55. The molecule has 2 heteroatoms. The maximum absolute atomic E-state index is 5.62. The quantitative estimate of drug-likeness (QED) is 0.640. The molecule has 0 heterocycles. The van der Waals surface area contributed by atoms with Gasteiger partial charge < -0.3 is 11.1 Å². The lowest BCUT2D eigenvalue weighted by Gasteiger charge is -2.38. The van der Waals surface area contributed by atoms with E-state index in [1.807, 2.05) is 6.92 Å². The van der Waals surface area contributed by atoms with Crippen LogP contribution in [0.15, 0.2) is 0 Å². The van der Waals surface area contributed by atoms with Crippen LogP contribution < -0.4 is 11.1 Å². The molecule has 0 aromatic heterocycles. The Bertz CT molecular complexity index is 117. The maximum Gasteiger partial charge on any atom is 0.0136 e. The highest BCUT2D eigenvalue weighted by molar-refractivity contribution is 4.85. The predicted molar refractivity (Wildman–Crippen MR) is 48.5 cm³/mol. The molecule has 1 saturated carbocycles. The first-order chi connectivity index (χ1) is 5.12. The predicted octanol–water partition coefficient (Wildman–Crippen LogP) is 1.11. The molecule has 1 fully saturated rings. The Balaban J connectivity index is 2.02. The zero-order chi connectivity index (χ0) is 8.32. The highest BCUT2D eigenvalue weighted by atomic mass is 14.9. The highest BCUT2D eigenvalue weighted by Crippen LogP contribution is 2.39. The van der Waals surface area contributed by atoms with Crippen LogP contribution in [-0.4, -0.2) is 19.1 Å². The average molecular weight is 156 g/mol. The van der Waals surface area contributed by atoms with Gasteiger partial charge in [0.15, 0.2) is 0 Å². The topological polar surface area (TPSA) is 38.0 Å². The van der Waals surface area contributed by atoms with E-state index in [0.29, 0.717) is 11.5 Å². The molecule has 1 unspecified atom stereocenters. The molecule has 0 bridgehead atoms. The van der Waals surface area contributed by atoms with Gasteiger partial charge in [0.2, 0.25) is 0 Å². The van der Waals surface area contributed by atoms with Crippen LogP contribution in [0.2, 0.25) is 0 Å². The lowest BCUT2D eigenvalue weighted by atomic mass is 9.70. The fraction of sp³-hybridized carbons (Fsp3) is 1.00. The van der Waals surface area contributed by atoms with Crippen molar-refractivity contribution in [1.82, 2.24) is 5.32 Å². The number of nitrogens with one attached hydrogen (secondary N) is 1. The van der Waals surface area contributed by atoms with Gasteiger partial charge in [0.1, 0.15) is 0 Å². The summed E-state index contributed by atoms with van der Waals surface area (Å²) in [6.45, 7) is 6.49. The summed E-state index contributed by atoms with van der Waals surface area (Å²) in [5.41, 5.74) is 6.21. The maximum atomic E-state index is 5.62. The van der Waals surface area contributed by atoms with Crippen LogP contribution in [0.25, 0.3) is 0 Å². The van der Waals surface area contributed by atoms with Crippen LogP contribution in [0.1, 0.15) is 33.1 Å². The molecule has 0 aliphatic heterocycles. The van der Waals surface area contributed by atoms with E-state index < -0.39 is 0 Å². The first-order valence-corrected chi connectivity index (χ1v) is 4.59. The molecule has 0 amide bonds. The zero-order valence-electron chi connectivity index (χ0n) is 7.69. The molecule has 1 rings (SSSR count). The van der Waals surface area contributed by atoms with E-state index in [1.54, 1.807) is 0 Å². The van der Waals surface area contributed by atoms with Crippen LogP contribution in [0.4, 0.5) is 0 Å². The van der Waals surface area contributed by atoms with E-state index in [0.717, 1.165) is 13.1 Å². The van der Waals surface area contributed by atoms with Gasteiger partial charge in [-0.15, -0.1) is 0 Å². The number of hydrogen-bond acceptors (Lipinski definition) is 2. The van der Waals surface area contributed by atoms with Crippen molar-refractivity contribution in [1.29, 1.82) is 0 Å². The molecule has 0 aromatic carbocycles. The Kier molecular flexibility index (Phi) is 2.90. The van der Waals surface area contributed by atoms with Gasteiger partial charge in [-0.25, -0.2) is 0 Å². The van der Waals surface area contributed by atoms with E-state index in [-0.39, 0.29) is 0 Å². The molecule has 0 radical (unpaired) electrons. The molecule has 1 aliphatic carbocycles. The molecule has 1 aliphatic rings. The second-order valence-corrected chi connectivity index (χ2v) is 4.27. The van der Waals surface area contributed by atoms with E-state index in [4.69, 9.17) is 5.73 Å². The fourth-order valence-electron chi connectivity index (χ4n) is 1.56. The Morgan fingerprint density at radius 3 is 2.55 bits per heavy atom. The summed E-state index contributed by atoms with van der Waals surface area (Å²) in [6.07, 6.45) is 4.19. The van der Waals surface area contributed by atoms with Gasteiger partial charge in [0, 0.05) is 19.1 Å². The third-order valence-electron chi connectivity index (χ3n) is 2.58. The van der Waals surface area contributed by atoms with Crippen molar-refractivity contribution in [3.8, 4) is 0 Å². The highest BCUT2D eigenvalue weighted by Gasteiger charge is 2.30. The normalized spacial score (nSPS) is 24.3. The van der Waals surface area contributed by atoms with Crippen LogP contribution in [-0.2, 0) is 0 Å². The Morgan fingerprint density at radius 2 is 2.18 bits per heavy atom. The van der Waals surface area contributed by atoms with Crippen molar-refractivity contribution in [3.05, 3.63) is 0 Å². The van der Waals surface area contributed by atoms with Gasteiger partial charge in [-0.05, 0) is 25.2 Å². The Hall–Kier alpha value is -0.0800. The average Bonchev–Trinajstić information content (AvgIpc) is 1.83. The van der Waals surface area contributed by atoms with Gasteiger partial charge in [0.05, 0.1) is 0 Å². The lowest BCUT2D eigenvalue weighted by Crippen LogP contribution is -2.41. The van der Waals surface area contributed by atoms with Gasteiger partial charge in [0.25, 0.3) is 0 Å². The molecule has 1 atom stereocenters. The summed E-state index contributed by atoms with van der Waals surface area (Å²) < 4.78 is 0. The third-order valence-corrected chi connectivity index (χ3v) is 2.58. The molecule has 0 spiro atoms. The molecule has 3 N–H and O–H groups in total. The van der Waals surface area contributed by atoms with Crippen molar-refractivity contribution in [3.63, 3.8) is 0 Å². The van der Waals surface area contributed by atoms with Crippen LogP contribution >= 0.6 is 0 Å². The van der Waals surface area contributed by atoms with Crippen LogP contribution in [0, 0.1) is 5.41 Å². The van der Waals surface area contributed by atoms with Crippen molar-refractivity contribution in [2.45, 2.75) is 39.2 Å². The molecular formula is C9H20N2. The fourth-order valence-corrected chi connectivity index (χ4v) is 1.56. The molecule has 2 nitrogen and oxygen atoms in total. The van der Waals surface area contributed by atoms with Gasteiger partial charge in [-0.3, -0.25) is 0 Å². The van der Waals surface area contributed by atoms with Gasteiger partial charge in [-0.1, -0.05) is 13.3 Å². The van der Waals surface area contributed by atoms with E-state index in [1.165, 1.54) is 19.3 Å². The van der Waals surface area contributed by atoms with E-state index in [2.05, 4.69) is 12.2 Å². The summed E-state index contributed by atoms with van der Waals surface area (Å²) in [5, 5.41) is 3.40. The van der Waals surface area contributed by atoms with Crippen molar-refractivity contribution >= 4 is 0 Å². The lowest BCUT2D eigenvalue weighted by molar-refractivity contribution is 0.156. The number of nitrogens with two attached hydrogens (primary N) is 1. The minimum Gasteiger partial charge on any atom is -0.327 e. The Labute approximate surface area is 69.5 Å².